The number of anilines is 1. The van der Waals surface area contributed by atoms with Crippen molar-refractivity contribution >= 4 is 5.69 Å². The minimum absolute atomic E-state index is 0.804. The molecule has 0 unspecified atom stereocenters. The first kappa shape index (κ1) is 16.1. The van der Waals surface area contributed by atoms with E-state index in [-0.39, 0.29) is 0 Å². The summed E-state index contributed by atoms with van der Waals surface area (Å²) >= 11 is 0. The lowest BCUT2D eigenvalue weighted by Crippen LogP contribution is -2.43. The molecule has 0 bridgehead atoms. The highest BCUT2D eigenvalue weighted by Crippen LogP contribution is 2.20. The van der Waals surface area contributed by atoms with Gasteiger partial charge in [-0.2, -0.15) is 0 Å². The lowest BCUT2D eigenvalue weighted by atomic mass is 10.1. The van der Waals surface area contributed by atoms with Gasteiger partial charge in [0.05, 0.1) is 24.7 Å². The molecule has 0 spiro atoms. The molecule has 0 atom stereocenters. The van der Waals surface area contributed by atoms with Crippen LogP contribution in [0.15, 0.2) is 18.5 Å². The fourth-order valence-corrected chi connectivity index (χ4v) is 2.65. The van der Waals surface area contributed by atoms with Crippen molar-refractivity contribution in [3.05, 3.63) is 18.5 Å². The van der Waals surface area contributed by atoms with E-state index in [9.17, 15) is 0 Å². The Balaban J connectivity index is 1.68. The molecule has 1 fully saturated rings. The fourth-order valence-electron chi connectivity index (χ4n) is 2.65. The molecule has 2 rings (SSSR count). The lowest BCUT2D eigenvalue weighted by Gasteiger charge is -2.29. The Morgan fingerprint density at radius 1 is 1.10 bits per heavy atom. The molecule has 0 saturated carbocycles. The van der Waals surface area contributed by atoms with Crippen LogP contribution >= 0.6 is 0 Å². The highest BCUT2D eigenvalue weighted by Gasteiger charge is 2.11. The van der Waals surface area contributed by atoms with E-state index in [1.165, 1.54) is 37.8 Å². The van der Waals surface area contributed by atoms with Crippen molar-refractivity contribution in [2.24, 2.45) is 0 Å². The van der Waals surface area contributed by atoms with Gasteiger partial charge in [-0.05, 0) is 6.42 Å². The number of hydrogen-bond donors (Lipinski definition) is 1. The summed E-state index contributed by atoms with van der Waals surface area (Å²) in [6, 6.07) is 2.12. The predicted molar refractivity (Wildman–Crippen MR) is 88.2 cm³/mol. The highest BCUT2D eigenvalue weighted by molar-refractivity contribution is 5.48. The van der Waals surface area contributed by atoms with Crippen LogP contribution in [0.1, 0.15) is 45.4 Å². The Bertz CT molecular complexity index is 391. The molecule has 1 aromatic rings. The smallest absolute Gasteiger partial charge is 0.139 e. The van der Waals surface area contributed by atoms with Crippen molar-refractivity contribution in [3.63, 3.8) is 0 Å². The Labute approximate surface area is 128 Å². The monoisotopic (exact) mass is 291 g/mol. The van der Waals surface area contributed by atoms with E-state index in [1.54, 1.807) is 0 Å². The number of nitrogens with zero attached hydrogens (tertiary/aromatic N) is 2. The van der Waals surface area contributed by atoms with E-state index < -0.39 is 0 Å². The van der Waals surface area contributed by atoms with Gasteiger partial charge in [0.25, 0.3) is 0 Å². The molecule has 0 amide bonds. The van der Waals surface area contributed by atoms with Crippen molar-refractivity contribution in [1.82, 2.24) is 10.3 Å². The number of pyridine rings is 1. The molecule has 118 valence electrons. The van der Waals surface area contributed by atoms with Gasteiger partial charge >= 0.3 is 0 Å². The number of hydrogen-bond acceptors (Lipinski definition) is 4. The van der Waals surface area contributed by atoms with Gasteiger partial charge < -0.3 is 15.0 Å². The predicted octanol–water partition coefficient (Wildman–Crippen LogP) is 3.23. The Hall–Kier alpha value is -1.29. The summed E-state index contributed by atoms with van der Waals surface area (Å²) < 4.78 is 5.84. The van der Waals surface area contributed by atoms with Crippen LogP contribution in [-0.4, -0.2) is 37.8 Å². The SMILES string of the molecule is CCCCCCCCOc1cncc(N2CCNCC2)c1. The van der Waals surface area contributed by atoms with E-state index in [4.69, 9.17) is 4.74 Å². The normalized spacial score (nSPS) is 15.2. The van der Waals surface area contributed by atoms with Crippen LogP contribution < -0.4 is 15.0 Å². The van der Waals surface area contributed by atoms with Gasteiger partial charge in [-0.3, -0.25) is 4.98 Å². The van der Waals surface area contributed by atoms with E-state index >= 15 is 0 Å². The number of unbranched alkanes of at least 4 members (excludes halogenated alkanes) is 5. The van der Waals surface area contributed by atoms with Crippen molar-refractivity contribution in [1.29, 1.82) is 0 Å². The molecule has 4 nitrogen and oxygen atoms in total. The zero-order chi connectivity index (χ0) is 14.8. The third-order valence-corrected chi connectivity index (χ3v) is 3.95. The average molecular weight is 291 g/mol. The van der Waals surface area contributed by atoms with Crippen LogP contribution in [0.5, 0.6) is 5.75 Å². The molecule has 1 N–H and O–H groups in total. The van der Waals surface area contributed by atoms with Crippen molar-refractivity contribution in [2.75, 3.05) is 37.7 Å². The van der Waals surface area contributed by atoms with Gasteiger partial charge in [0.1, 0.15) is 5.75 Å². The van der Waals surface area contributed by atoms with Crippen LogP contribution in [0, 0.1) is 0 Å². The van der Waals surface area contributed by atoms with E-state index in [0.29, 0.717) is 0 Å². The quantitative estimate of drug-likeness (QED) is 0.709. The molecule has 1 aliphatic rings. The molecule has 0 aromatic carbocycles. The summed E-state index contributed by atoms with van der Waals surface area (Å²) in [5.74, 6) is 0.902. The van der Waals surface area contributed by atoms with Gasteiger partial charge in [-0.25, -0.2) is 0 Å². The number of nitrogens with one attached hydrogen (secondary N) is 1. The van der Waals surface area contributed by atoms with E-state index in [2.05, 4.69) is 28.2 Å². The van der Waals surface area contributed by atoms with Crippen LogP contribution in [0.4, 0.5) is 5.69 Å². The van der Waals surface area contributed by atoms with Crippen LogP contribution in [-0.2, 0) is 0 Å². The number of aromatic nitrogens is 1. The second-order valence-corrected chi connectivity index (χ2v) is 5.73. The largest absolute Gasteiger partial charge is 0.492 e. The summed E-state index contributed by atoms with van der Waals surface area (Å²) in [6.45, 7) is 7.23. The van der Waals surface area contributed by atoms with Gasteiger partial charge in [0, 0.05) is 32.2 Å². The van der Waals surface area contributed by atoms with Crippen molar-refractivity contribution in [3.8, 4) is 5.75 Å². The molecule has 1 saturated heterocycles. The second kappa shape index (κ2) is 9.61. The summed E-state index contributed by atoms with van der Waals surface area (Å²) in [6.07, 6.45) is 11.5. The molecular weight excluding hydrogens is 262 g/mol. The summed E-state index contributed by atoms with van der Waals surface area (Å²) in [5.41, 5.74) is 1.18. The summed E-state index contributed by atoms with van der Waals surface area (Å²) in [5, 5.41) is 3.37. The fraction of sp³-hybridized carbons (Fsp3) is 0.706. The average Bonchev–Trinajstić information content (AvgIpc) is 2.55. The molecule has 2 heterocycles. The van der Waals surface area contributed by atoms with Crippen LogP contribution in [0.2, 0.25) is 0 Å². The van der Waals surface area contributed by atoms with Crippen LogP contribution in [0.25, 0.3) is 0 Å². The molecule has 1 aliphatic heterocycles. The number of ether oxygens (including phenoxy) is 1. The third-order valence-electron chi connectivity index (χ3n) is 3.95. The van der Waals surface area contributed by atoms with Gasteiger partial charge in [0.2, 0.25) is 0 Å². The molecular formula is C17H29N3O. The van der Waals surface area contributed by atoms with E-state index in [0.717, 1.165) is 45.0 Å². The maximum atomic E-state index is 5.84. The first-order chi connectivity index (χ1) is 10.4. The second-order valence-electron chi connectivity index (χ2n) is 5.73. The van der Waals surface area contributed by atoms with E-state index in [1.807, 2.05) is 12.4 Å². The minimum atomic E-state index is 0.804. The Morgan fingerprint density at radius 3 is 2.67 bits per heavy atom. The third kappa shape index (κ3) is 5.92. The Kier molecular flexibility index (Phi) is 7.36. The molecule has 1 aromatic heterocycles. The standard InChI is InChI=1S/C17H29N3O/c1-2-3-4-5-6-7-12-21-17-13-16(14-19-15-17)20-10-8-18-9-11-20/h13-15,18H,2-12H2,1H3. The molecule has 4 heteroatoms. The molecule has 0 aliphatic carbocycles. The highest BCUT2D eigenvalue weighted by atomic mass is 16.5. The minimum Gasteiger partial charge on any atom is -0.492 e. The zero-order valence-corrected chi connectivity index (χ0v) is 13.3. The van der Waals surface area contributed by atoms with Crippen molar-refractivity contribution in [2.45, 2.75) is 45.4 Å². The summed E-state index contributed by atoms with van der Waals surface area (Å²) in [4.78, 5) is 6.67. The Morgan fingerprint density at radius 2 is 1.86 bits per heavy atom. The van der Waals surface area contributed by atoms with Gasteiger partial charge in [-0.15, -0.1) is 0 Å². The van der Waals surface area contributed by atoms with Crippen LogP contribution in [0.3, 0.4) is 0 Å². The first-order valence-electron chi connectivity index (χ1n) is 8.43. The lowest BCUT2D eigenvalue weighted by molar-refractivity contribution is 0.303. The zero-order valence-electron chi connectivity index (χ0n) is 13.3. The van der Waals surface area contributed by atoms with Crippen molar-refractivity contribution < 1.29 is 4.74 Å². The number of rotatable bonds is 9. The number of piperazine rings is 1. The maximum Gasteiger partial charge on any atom is 0.139 e. The van der Waals surface area contributed by atoms with Gasteiger partial charge in [0.15, 0.2) is 0 Å². The molecule has 21 heavy (non-hydrogen) atoms. The molecule has 0 radical (unpaired) electrons. The van der Waals surface area contributed by atoms with Gasteiger partial charge in [-0.1, -0.05) is 39.0 Å². The topological polar surface area (TPSA) is 37.4 Å². The first-order valence-corrected chi connectivity index (χ1v) is 8.43. The maximum absolute atomic E-state index is 5.84. The summed E-state index contributed by atoms with van der Waals surface area (Å²) in [7, 11) is 0.